The Bertz CT molecular complexity index is 580. The third-order valence-corrected chi connectivity index (χ3v) is 12.8. The van der Waals surface area contributed by atoms with Crippen LogP contribution in [0.15, 0.2) is 0 Å². The van der Waals surface area contributed by atoms with Crippen LogP contribution in [-0.4, -0.2) is 32.8 Å². The van der Waals surface area contributed by atoms with E-state index < -0.39 is 14.2 Å². The molecule has 0 N–H and O–H groups in total. The summed E-state index contributed by atoms with van der Waals surface area (Å²) < 4.78 is 12.4. The minimum absolute atomic E-state index is 0.000896. The smallest absolute Gasteiger partial charge is 0.316 e. The maximum Gasteiger partial charge on any atom is 0.316 e. The van der Waals surface area contributed by atoms with Crippen molar-refractivity contribution in [2.24, 2.45) is 23.2 Å². The van der Waals surface area contributed by atoms with Crippen LogP contribution in [0.2, 0.25) is 18.1 Å². The molecule has 0 spiro atoms. The number of carbonyl (C=O) groups is 2. The van der Waals surface area contributed by atoms with Gasteiger partial charge in [0.25, 0.3) is 0 Å². The summed E-state index contributed by atoms with van der Waals surface area (Å²) in [7, 11) is -0.533. The lowest BCUT2D eigenvalue weighted by atomic mass is 9.83. The second-order valence-electron chi connectivity index (χ2n) is 10.6. The van der Waals surface area contributed by atoms with Gasteiger partial charge in [0, 0.05) is 12.3 Å². The molecule has 5 heteroatoms. The standard InChI is InChI=1S/C25H46O4Si/c1-8-11-14-30(15-12-9-2,16-13-10-3)29-25-18-19(4)22(23(27)28-7)20(26)17-21(25)24(25,5)6/h19,21-22H,8-18H2,1-7H3/t19-,21-,22?,25+/m1/s1. The summed E-state index contributed by atoms with van der Waals surface area (Å²) in [5.74, 6) is -0.748. The Kier molecular flexibility index (Phi) is 8.77. The van der Waals surface area contributed by atoms with Crippen molar-refractivity contribution in [3.63, 3.8) is 0 Å². The molecular weight excluding hydrogens is 392 g/mol. The molecule has 0 aliphatic heterocycles. The molecule has 0 radical (unpaired) electrons. The maximum absolute atomic E-state index is 13.0. The second kappa shape index (κ2) is 10.3. The van der Waals surface area contributed by atoms with E-state index in [1.54, 1.807) is 0 Å². The van der Waals surface area contributed by atoms with Crippen LogP contribution in [0.4, 0.5) is 0 Å². The largest absolute Gasteiger partial charge is 0.468 e. The van der Waals surface area contributed by atoms with Crippen LogP contribution in [0.1, 0.15) is 92.9 Å². The number of carbonyl (C=O) groups excluding carboxylic acids is 2. The number of ketones is 1. The number of hydrogen-bond acceptors (Lipinski definition) is 4. The number of Topliss-reactive ketones (excluding diaryl/α,β-unsaturated/α-hetero) is 1. The van der Waals surface area contributed by atoms with Gasteiger partial charge in [0.15, 0.2) is 8.32 Å². The van der Waals surface area contributed by atoms with Crippen LogP contribution in [-0.2, 0) is 18.8 Å². The lowest BCUT2D eigenvalue weighted by molar-refractivity contribution is -0.151. The van der Waals surface area contributed by atoms with E-state index in [9.17, 15) is 9.59 Å². The summed E-state index contributed by atoms with van der Waals surface area (Å²) in [6.07, 6.45) is 8.58. The van der Waals surface area contributed by atoms with Crippen LogP contribution in [0, 0.1) is 23.2 Å². The molecule has 1 unspecified atom stereocenters. The van der Waals surface area contributed by atoms with E-state index in [-0.39, 0.29) is 34.6 Å². The van der Waals surface area contributed by atoms with Crippen molar-refractivity contribution < 1.29 is 18.8 Å². The normalized spacial score (nSPS) is 30.5. The lowest BCUT2D eigenvalue weighted by Crippen LogP contribution is -2.45. The number of rotatable bonds is 12. The van der Waals surface area contributed by atoms with Gasteiger partial charge in [-0.1, -0.05) is 80.1 Å². The van der Waals surface area contributed by atoms with E-state index >= 15 is 0 Å². The molecule has 0 amide bonds. The van der Waals surface area contributed by atoms with E-state index in [0.29, 0.717) is 6.42 Å². The van der Waals surface area contributed by atoms with Crippen molar-refractivity contribution in [3.05, 3.63) is 0 Å². The van der Waals surface area contributed by atoms with Gasteiger partial charge in [-0.25, -0.2) is 0 Å². The molecule has 0 heterocycles. The first-order valence-corrected chi connectivity index (χ1v) is 15.0. The van der Waals surface area contributed by atoms with Gasteiger partial charge in [0.2, 0.25) is 0 Å². The monoisotopic (exact) mass is 438 g/mol. The fraction of sp³-hybridized carbons (Fsp3) is 0.920. The first kappa shape index (κ1) is 25.6. The molecule has 4 nitrogen and oxygen atoms in total. The van der Waals surface area contributed by atoms with Crippen LogP contribution >= 0.6 is 0 Å². The topological polar surface area (TPSA) is 52.6 Å². The summed E-state index contributed by atoms with van der Waals surface area (Å²) in [5.41, 5.74) is -0.243. The summed E-state index contributed by atoms with van der Waals surface area (Å²) in [4.78, 5) is 25.4. The molecule has 2 saturated carbocycles. The van der Waals surface area contributed by atoms with Crippen molar-refractivity contribution in [1.29, 1.82) is 0 Å². The Morgan fingerprint density at radius 3 is 1.97 bits per heavy atom. The molecule has 30 heavy (non-hydrogen) atoms. The molecular formula is C25H46O4Si. The molecule has 0 aromatic rings. The molecule has 2 aliphatic carbocycles. The van der Waals surface area contributed by atoms with E-state index in [2.05, 4.69) is 41.5 Å². The summed E-state index contributed by atoms with van der Waals surface area (Å²) in [5, 5.41) is 0. The average Bonchev–Trinajstić information content (AvgIpc) is 3.18. The summed E-state index contributed by atoms with van der Waals surface area (Å²) in [6.45, 7) is 13.4. The third kappa shape index (κ3) is 4.87. The summed E-state index contributed by atoms with van der Waals surface area (Å²) >= 11 is 0. The van der Waals surface area contributed by atoms with Gasteiger partial charge in [-0.2, -0.15) is 0 Å². The number of fused-ring (bicyclic) bond motifs is 1. The van der Waals surface area contributed by atoms with Gasteiger partial charge in [-0.3, -0.25) is 9.59 Å². The first-order chi connectivity index (χ1) is 14.1. The van der Waals surface area contributed by atoms with E-state index in [1.807, 2.05) is 0 Å². The fourth-order valence-corrected chi connectivity index (χ4v) is 11.4. The van der Waals surface area contributed by atoms with Crippen LogP contribution < -0.4 is 0 Å². The van der Waals surface area contributed by atoms with Crippen molar-refractivity contribution in [1.82, 2.24) is 0 Å². The Balaban J connectivity index is 2.37. The van der Waals surface area contributed by atoms with E-state index in [4.69, 9.17) is 9.16 Å². The SMILES string of the molecule is CCCC[Si](CCCC)(CCCC)O[C@@]12C[C@@H](C)C(C(=O)OC)C(=O)C[C@@H]1C2(C)C. The van der Waals surface area contributed by atoms with Crippen LogP contribution in [0.25, 0.3) is 0 Å². The fourth-order valence-electron chi connectivity index (χ4n) is 6.14. The van der Waals surface area contributed by atoms with Gasteiger partial charge in [-0.05, 0) is 35.9 Å². The average molecular weight is 439 g/mol. The highest BCUT2D eigenvalue weighted by Gasteiger charge is 2.75. The van der Waals surface area contributed by atoms with Crippen molar-refractivity contribution >= 4 is 20.1 Å². The number of unbranched alkanes of at least 4 members (excludes halogenated alkanes) is 3. The molecule has 0 aromatic carbocycles. The highest BCUT2D eigenvalue weighted by molar-refractivity contribution is 6.74. The highest BCUT2D eigenvalue weighted by atomic mass is 28.4. The summed E-state index contributed by atoms with van der Waals surface area (Å²) in [6, 6.07) is 3.70. The number of methoxy groups -OCH3 is 1. The predicted octanol–water partition coefficient (Wildman–Crippen LogP) is 6.53. The molecule has 0 aromatic heterocycles. The quantitative estimate of drug-likeness (QED) is 0.197. The minimum atomic E-state index is -1.92. The Morgan fingerprint density at radius 2 is 1.53 bits per heavy atom. The minimum Gasteiger partial charge on any atom is -0.468 e. The maximum atomic E-state index is 13.0. The molecule has 0 saturated heterocycles. The van der Waals surface area contributed by atoms with Crippen LogP contribution in [0.3, 0.4) is 0 Å². The van der Waals surface area contributed by atoms with E-state index in [0.717, 1.165) is 6.42 Å². The van der Waals surface area contributed by atoms with Crippen molar-refractivity contribution in [3.8, 4) is 0 Å². The van der Waals surface area contributed by atoms with Crippen molar-refractivity contribution in [2.75, 3.05) is 7.11 Å². The molecule has 2 rings (SSSR count). The molecule has 2 fully saturated rings. The highest BCUT2D eigenvalue weighted by Crippen LogP contribution is 2.71. The zero-order valence-corrected chi connectivity index (χ0v) is 21.6. The Morgan fingerprint density at radius 1 is 1.03 bits per heavy atom. The lowest BCUT2D eigenvalue weighted by Gasteiger charge is -2.39. The molecule has 174 valence electrons. The van der Waals surface area contributed by atoms with Crippen molar-refractivity contribution in [2.45, 2.75) is 117 Å². The Labute approximate surface area is 186 Å². The second-order valence-corrected chi connectivity index (χ2v) is 14.7. The van der Waals surface area contributed by atoms with Gasteiger partial charge in [0.1, 0.15) is 11.7 Å². The zero-order chi connectivity index (χ0) is 22.6. The molecule has 4 atom stereocenters. The Hall–Kier alpha value is -0.683. The third-order valence-electron chi connectivity index (χ3n) is 8.20. The number of hydrogen-bond donors (Lipinski definition) is 0. The van der Waals surface area contributed by atoms with Gasteiger partial charge in [0.05, 0.1) is 12.7 Å². The van der Waals surface area contributed by atoms with Crippen LogP contribution in [0.5, 0.6) is 0 Å². The first-order valence-electron chi connectivity index (χ1n) is 12.4. The molecule has 2 aliphatic rings. The predicted molar refractivity (Wildman–Crippen MR) is 125 cm³/mol. The number of ether oxygens (including phenoxy) is 1. The molecule has 0 bridgehead atoms. The van der Waals surface area contributed by atoms with Gasteiger partial charge in [-0.15, -0.1) is 0 Å². The van der Waals surface area contributed by atoms with Gasteiger partial charge < -0.3 is 9.16 Å². The van der Waals surface area contributed by atoms with Gasteiger partial charge >= 0.3 is 5.97 Å². The number of esters is 1. The zero-order valence-electron chi connectivity index (χ0n) is 20.6. The van der Waals surface area contributed by atoms with E-state index in [1.165, 1.54) is 63.8 Å².